The van der Waals surface area contributed by atoms with Crippen LogP contribution in [0, 0.1) is 12.7 Å². The zero-order valence-electron chi connectivity index (χ0n) is 26.2. The number of carbonyl (C=O) groups excluding carboxylic acids is 2. The molecule has 1 saturated carbocycles. The Balaban J connectivity index is 1.31. The number of pyridine rings is 1. The summed E-state index contributed by atoms with van der Waals surface area (Å²) in [4.78, 5) is 31.3. The maximum absolute atomic E-state index is 16.7. The van der Waals surface area contributed by atoms with E-state index in [4.69, 9.17) is 9.47 Å². The second-order valence-corrected chi connectivity index (χ2v) is 12.8. The molecule has 0 radical (unpaired) electrons. The molecular formula is C33H38F2N6O4. The second-order valence-electron chi connectivity index (χ2n) is 12.8. The van der Waals surface area contributed by atoms with Gasteiger partial charge in [-0.1, -0.05) is 0 Å². The van der Waals surface area contributed by atoms with Gasteiger partial charge < -0.3 is 19.7 Å². The average molecular weight is 621 g/mol. The fourth-order valence-electron chi connectivity index (χ4n) is 5.65. The number of rotatable bonds is 7. The number of halogens is 2. The number of hydrogen-bond acceptors (Lipinski definition) is 6. The van der Waals surface area contributed by atoms with Crippen LogP contribution in [0.25, 0.3) is 22.6 Å². The molecule has 6 rings (SSSR count). The molecule has 0 atom stereocenters. The molecule has 45 heavy (non-hydrogen) atoms. The number of imidazole rings is 1. The van der Waals surface area contributed by atoms with E-state index in [1.807, 2.05) is 6.92 Å². The van der Waals surface area contributed by atoms with Crippen molar-refractivity contribution in [3.63, 3.8) is 0 Å². The van der Waals surface area contributed by atoms with Crippen LogP contribution in [0.3, 0.4) is 0 Å². The lowest BCUT2D eigenvalue weighted by Gasteiger charge is -2.37. The van der Waals surface area contributed by atoms with E-state index in [9.17, 15) is 14.0 Å². The first-order valence-corrected chi connectivity index (χ1v) is 15.3. The van der Waals surface area contributed by atoms with Crippen molar-refractivity contribution in [3.8, 4) is 22.7 Å². The first kappa shape index (κ1) is 30.5. The van der Waals surface area contributed by atoms with Gasteiger partial charge >= 0.3 is 6.09 Å². The van der Waals surface area contributed by atoms with E-state index in [0.717, 1.165) is 12.8 Å². The van der Waals surface area contributed by atoms with E-state index in [-0.39, 0.29) is 37.5 Å². The number of alkyl halides is 1. The standard InChI is InChI=1S/C33H38F2N6O4/c1-6-44-27-15-28-36-17-29(40(28)19-25(27)33(35)9-11-39(12-10-33)31(43)45-32(3,4)5)41-18-21(16-37-41)23-14-24(26(34)13-20(23)2)30(42)38-22-7-8-22/h13-19,22H,6-12H2,1-5H3,(H,38,42). The zero-order valence-corrected chi connectivity index (χ0v) is 26.2. The van der Waals surface area contributed by atoms with Crippen LogP contribution >= 0.6 is 0 Å². The summed E-state index contributed by atoms with van der Waals surface area (Å²) >= 11 is 0. The van der Waals surface area contributed by atoms with Gasteiger partial charge in [0.25, 0.3) is 5.91 Å². The Labute approximate surface area is 260 Å². The summed E-state index contributed by atoms with van der Waals surface area (Å²) < 4.78 is 46.2. The number of hydrogen-bond donors (Lipinski definition) is 1. The van der Waals surface area contributed by atoms with Gasteiger partial charge in [0, 0.05) is 61.6 Å². The number of aryl methyl sites for hydroxylation is 1. The fourth-order valence-corrected chi connectivity index (χ4v) is 5.65. The van der Waals surface area contributed by atoms with E-state index < -0.39 is 29.1 Å². The normalized spacial score (nSPS) is 16.6. The molecule has 238 valence electrons. The maximum Gasteiger partial charge on any atom is 0.410 e. The minimum atomic E-state index is -1.75. The molecule has 1 aromatic carbocycles. The predicted octanol–water partition coefficient (Wildman–Crippen LogP) is 6.12. The Morgan fingerprint density at radius 2 is 1.84 bits per heavy atom. The van der Waals surface area contributed by atoms with Gasteiger partial charge in [0.2, 0.25) is 0 Å². The molecule has 1 saturated heterocycles. The Hall–Kier alpha value is -4.48. The van der Waals surface area contributed by atoms with Crippen molar-refractivity contribution in [3.05, 3.63) is 65.5 Å². The molecule has 12 heteroatoms. The van der Waals surface area contributed by atoms with Crippen molar-refractivity contribution in [1.82, 2.24) is 29.4 Å². The van der Waals surface area contributed by atoms with Crippen molar-refractivity contribution in [2.45, 2.75) is 77.6 Å². The number of nitrogens with zero attached hydrogens (tertiary/aromatic N) is 5. The summed E-state index contributed by atoms with van der Waals surface area (Å²) in [6.07, 6.45) is 8.24. The summed E-state index contributed by atoms with van der Waals surface area (Å²) in [5, 5.41) is 7.38. The highest BCUT2D eigenvalue weighted by Crippen LogP contribution is 2.42. The summed E-state index contributed by atoms with van der Waals surface area (Å²) in [6.45, 7) is 9.77. The number of aromatic nitrogens is 4. The highest BCUT2D eigenvalue weighted by Gasteiger charge is 2.41. The fraction of sp³-hybridized carbons (Fsp3) is 0.455. The highest BCUT2D eigenvalue weighted by atomic mass is 19.1. The maximum atomic E-state index is 16.7. The van der Waals surface area contributed by atoms with Crippen LogP contribution in [0.1, 0.15) is 74.9 Å². The first-order chi connectivity index (χ1) is 21.3. The zero-order chi connectivity index (χ0) is 32.1. The van der Waals surface area contributed by atoms with Gasteiger partial charge in [-0.2, -0.15) is 5.10 Å². The topological polar surface area (TPSA) is 103 Å². The second kappa shape index (κ2) is 11.5. The van der Waals surface area contributed by atoms with Crippen LogP contribution in [-0.2, 0) is 10.4 Å². The summed E-state index contributed by atoms with van der Waals surface area (Å²) in [5.41, 5.74) is 0.534. The van der Waals surface area contributed by atoms with Crippen molar-refractivity contribution >= 4 is 17.6 Å². The molecule has 0 spiro atoms. The van der Waals surface area contributed by atoms with Gasteiger partial charge in [0.15, 0.2) is 5.82 Å². The van der Waals surface area contributed by atoms with Gasteiger partial charge in [0.05, 0.1) is 24.6 Å². The minimum absolute atomic E-state index is 0.0101. The Bertz CT molecular complexity index is 1760. The van der Waals surface area contributed by atoms with E-state index in [0.29, 0.717) is 46.1 Å². The molecular weight excluding hydrogens is 582 g/mol. The number of carbonyl (C=O) groups is 2. The summed E-state index contributed by atoms with van der Waals surface area (Å²) in [7, 11) is 0. The molecule has 3 aromatic heterocycles. The smallest absolute Gasteiger partial charge is 0.410 e. The molecule has 10 nitrogen and oxygen atoms in total. The van der Waals surface area contributed by atoms with Gasteiger partial charge in [-0.15, -0.1) is 0 Å². The number of piperidine rings is 1. The molecule has 2 aliphatic rings. The Kier molecular flexibility index (Phi) is 7.78. The molecule has 1 aliphatic heterocycles. The molecule has 2 amide bonds. The SMILES string of the molecule is CCOc1cc2ncc(-n3cc(-c4cc(C(=O)NC5CC5)c(F)cc4C)cn3)n2cc1C1(F)CCN(C(=O)OC(C)(C)C)CC1. The Morgan fingerprint density at radius 3 is 2.51 bits per heavy atom. The number of benzene rings is 1. The largest absolute Gasteiger partial charge is 0.493 e. The van der Waals surface area contributed by atoms with Gasteiger partial charge in [0.1, 0.15) is 28.5 Å². The number of likely N-dealkylation sites (tertiary alicyclic amines) is 1. The summed E-state index contributed by atoms with van der Waals surface area (Å²) in [6, 6.07) is 4.73. The molecule has 1 aliphatic carbocycles. The number of fused-ring (bicyclic) bond motifs is 1. The van der Waals surface area contributed by atoms with Gasteiger partial charge in [-0.3, -0.25) is 9.20 Å². The molecule has 0 unspecified atom stereocenters. The third-order valence-electron chi connectivity index (χ3n) is 8.18. The van der Waals surface area contributed by atoms with Crippen molar-refractivity contribution in [2.75, 3.05) is 19.7 Å². The van der Waals surface area contributed by atoms with Crippen molar-refractivity contribution in [1.29, 1.82) is 0 Å². The quantitative estimate of drug-likeness (QED) is 0.267. The predicted molar refractivity (Wildman–Crippen MR) is 164 cm³/mol. The van der Waals surface area contributed by atoms with E-state index in [1.165, 1.54) is 11.0 Å². The number of nitrogens with one attached hydrogen (secondary N) is 1. The lowest BCUT2D eigenvalue weighted by molar-refractivity contribution is 0.00161. The minimum Gasteiger partial charge on any atom is -0.493 e. The Morgan fingerprint density at radius 1 is 1.11 bits per heavy atom. The van der Waals surface area contributed by atoms with E-state index in [2.05, 4.69) is 15.4 Å². The van der Waals surface area contributed by atoms with Gasteiger partial charge in [-0.05, 0) is 70.7 Å². The molecule has 1 N–H and O–H groups in total. The monoisotopic (exact) mass is 620 g/mol. The summed E-state index contributed by atoms with van der Waals surface area (Å²) in [5.74, 6) is -0.0457. The lowest BCUT2D eigenvalue weighted by Crippen LogP contribution is -2.45. The number of amides is 2. The van der Waals surface area contributed by atoms with Crippen LogP contribution in [-0.4, -0.2) is 67.4 Å². The van der Waals surface area contributed by atoms with Gasteiger partial charge in [-0.25, -0.2) is 23.2 Å². The van der Waals surface area contributed by atoms with Crippen molar-refractivity contribution in [2.24, 2.45) is 0 Å². The van der Waals surface area contributed by atoms with E-state index >= 15 is 4.39 Å². The molecule has 4 heterocycles. The highest BCUT2D eigenvalue weighted by molar-refractivity contribution is 5.96. The average Bonchev–Trinajstić information content (AvgIpc) is 3.48. The molecule has 2 fully saturated rings. The first-order valence-electron chi connectivity index (χ1n) is 15.3. The number of ether oxygens (including phenoxy) is 2. The van der Waals surface area contributed by atoms with Crippen LogP contribution in [0.5, 0.6) is 5.75 Å². The van der Waals surface area contributed by atoms with Crippen LogP contribution in [0.15, 0.2) is 43.0 Å². The molecule has 0 bridgehead atoms. The lowest BCUT2D eigenvalue weighted by atomic mass is 9.86. The van der Waals surface area contributed by atoms with Crippen molar-refractivity contribution < 1.29 is 27.8 Å². The van der Waals surface area contributed by atoms with E-state index in [1.54, 1.807) is 73.7 Å². The van der Waals surface area contributed by atoms with Crippen LogP contribution in [0.4, 0.5) is 13.6 Å². The van der Waals surface area contributed by atoms with Crippen LogP contribution < -0.4 is 10.1 Å². The third-order valence-corrected chi connectivity index (χ3v) is 8.18. The molecule has 4 aromatic rings. The van der Waals surface area contributed by atoms with Crippen LogP contribution in [0.2, 0.25) is 0 Å². The third kappa shape index (κ3) is 6.23.